The van der Waals surface area contributed by atoms with Crippen molar-refractivity contribution in [2.24, 2.45) is 0 Å². The lowest BCUT2D eigenvalue weighted by Gasteiger charge is -2.07. The Balaban J connectivity index is 2.89. The standard InChI is InChI=1S/C11H21O4/c1-4-12-5-6-13-7-8-14-9-10-15-11(2)3/h1-2,4-10H2,3H3. The molecule has 0 bridgehead atoms. The van der Waals surface area contributed by atoms with Crippen LogP contribution in [0.15, 0.2) is 12.3 Å². The Morgan fingerprint density at radius 1 is 0.867 bits per heavy atom. The minimum atomic E-state index is 0.484. The van der Waals surface area contributed by atoms with Gasteiger partial charge in [-0.15, -0.1) is 0 Å². The molecular formula is C11H21O4. The van der Waals surface area contributed by atoms with Crippen molar-refractivity contribution in [3.05, 3.63) is 19.3 Å². The molecule has 0 aromatic carbocycles. The van der Waals surface area contributed by atoms with Crippen molar-refractivity contribution in [2.75, 3.05) is 46.2 Å². The average Bonchev–Trinajstić information content (AvgIpc) is 2.20. The maximum atomic E-state index is 5.25. The van der Waals surface area contributed by atoms with Gasteiger partial charge in [-0.1, -0.05) is 6.58 Å². The van der Waals surface area contributed by atoms with Gasteiger partial charge in [0.2, 0.25) is 0 Å². The molecular weight excluding hydrogens is 196 g/mol. The van der Waals surface area contributed by atoms with Gasteiger partial charge >= 0.3 is 0 Å². The first-order chi connectivity index (χ1) is 7.27. The summed E-state index contributed by atoms with van der Waals surface area (Å²) in [5.41, 5.74) is 0. The molecule has 0 atom stereocenters. The van der Waals surface area contributed by atoms with E-state index < -0.39 is 0 Å². The maximum absolute atomic E-state index is 5.25. The molecule has 0 heterocycles. The van der Waals surface area contributed by atoms with Gasteiger partial charge < -0.3 is 18.9 Å². The molecule has 0 spiro atoms. The van der Waals surface area contributed by atoms with Crippen molar-refractivity contribution < 1.29 is 18.9 Å². The van der Waals surface area contributed by atoms with E-state index in [0.717, 1.165) is 0 Å². The third-order valence-corrected chi connectivity index (χ3v) is 1.46. The molecule has 0 aromatic heterocycles. The molecule has 0 saturated heterocycles. The Kier molecular flexibility index (Phi) is 11.1. The monoisotopic (exact) mass is 217 g/mol. The van der Waals surface area contributed by atoms with Crippen LogP contribution in [-0.4, -0.2) is 46.2 Å². The van der Waals surface area contributed by atoms with Crippen LogP contribution >= 0.6 is 0 Å². The van der Waals surface area contributed by atoms with Crippen molar-refractivity contribution in [3.8, 4) is 0 Å². The average molecular weight is 217 g/mol. The van der Waals surface area contributed by atoms with E-state index in [2.05, 4.69) is 13.5 Å². The van der Waals surface area contributed by atoms with Gasteiger partial charge in [0.05, 0.1) is 38.8 Å². The van der Waals surface area contributed by atoms with Crippen molar-refractivity contribution in [1.29, 1.82) is 0 Å². The molecule has 0 aliphatic carbocycles. The predicted octanol–water partition coefficient (Wildman–Crippen LogP) is 1.42. The summed E-state index contributed by atoms with van der Waals surface area (Å²) < 4.78 is 20.6. The number of allylic oxidation sites excluding steroid dienone is 1. The molecule has 4 heteroatoms. The van der Waals surface area contributed by atoms with E-state index in [4.69, 9.17) is 18.9 Å². The molecule has 4 nitrogen and oxygen atoms in total. The van der Waals surface area contributed by atoms with Crippen LogP contribution < -0.4 is 0 Å². The summed E-state index contributed by atoms with van der Waals surface area (Å²) in [4.78, 5) is 0. The number of ether oxygens (including phenoxy) is 4. The highest BCUT2D eigenvalue weighted by Gasteiger charge is 1.91. The third kappa shape index (κ3) is 13.4. The molecule has 0 amide bonds. The zero-order chi connectivity index (χ0) is 11.4. The van der Waals surface area contributed by atoms with Crippen LogP contribution in [0.2, 0.25) is 0 Å². The van der Waals surface area contributed by atoms with Gasteiger partial charge in [-0.05, 0) is 13.8 Å². The molecule has 0 aliphatic rings. The highest BCUT2D eigenvalue weighted by atomic mass is 16.6. The second kappa shape index (κ2) is 11.5. The van der Waals surface area contributed by atoms with Crippen molar-refractivity contribution >= 4 is 0 Å². The van der Waals surface area contributed by atoms with Gasteiger partial charge in [-0.25, -0.2) is 0 Å². The van der Waals surface area contributed by atoms with Crippen LogP contribution in [-0.2, 0) is 18.9 Å². The molecule has 0 aromatic rings. The van der Waals surface area contributed by atoms with Crippen LogP contribution in [0.3, 0.4) is 0 Å². The van der Waals surface area contributed by atoms with Crippen molar-refractivity contribution in [2.45, 2.75) is 6.92 Å². The van der Waals surface area contributed by atoms with Gasteiger partial charge in [0.1, 0.15) is 6.61 Å². The minimum Gasteiger partial charge on any atom is -0.496 e. The molecule has 1 radical (unpaired) electrons. The van der Waals surface area contributed by atoms with Gasteiger partial charge in [-0.2, -0.15) is 0 Å². The van der Waals surface area contributed by atoms with E-state index >= 15 is 0 Å². The normalized spacial score (nSPS) is 10.3. The van der Waals surface area contributed by atoms with Gasteiger partial charge in [0, 0.05) is 6.61 Å². The fourth-order valence-corrected chi connectivity index (χ4v) is 0.817. The largest absolute Gasteiger partial charge is 0.496 e. The van der Waals surface area contributed by atoms with Crippen LogP contribution in [0.1, 0.15) is 6.92 Å². The zero-order valence-electron chi connectivity index (χ0n) is 9.50. The first-order valence-electron chi connectivity index (χ1n) is 5.08. The number of rotatable bonds is 11. The van der Waals surface area contributed by atoms with Gasteiger partial charge in [0.15, 0.2) is 0 Å². The quantitative estimate of drug-likeness (QED) is 0.387. The fourth-order valence-electron chi connectivity index (χ4n) is 0.817. The molecule has 89 valence electrons. The first-order valence-corrected chi connectivity index (χ1v) is 5.08. The smallest absolute Gasteiger partial charge is 0.111 e. The third-order valence-electron chi connectivity index (χ3n) is 1.46. The van der Waals surface area contributed by atoms with E-state index in [1.165, 1.54) is 0 Å². The van der Waals surface area contributed by atoms with Crippen molar-refractivity contribution in [1.82, 2.24) is 0 Å². The summed E-state index contributed by atoms with van der Waals surface area (Å²) in [5.74, 6) is 0.708. The summed E-state index contributed by atoms with van der Waals surface area (Å²) in [5, 5.41) is 0. The fraction of sp³-hybridized carbons (Fsp3) is 0.727. The Morgan fingerprint density at radius 2 is 1.33 bits per heavy atom. The lowest BCUT2D eigenvalue weighted by molar-refractivity contribution is 0.00839. The minimum absolute atomic E-state index is 0.484. The SMILES string of the molecule is [CH2]COCCOCCOCCOC(=C)C. The number of hydrogen-bond donors (Lipinski definition) is 0. The molecule has 0 unspecified atom stereocenters. The first kappa shape index (κ1) is 14.4. The van der Waals surface area contributed by atoms with E-state index in [9.17, 15) is 0 Å². The van der Waals surface area contributed by atoms with E-state index in [1.807, 2.05) is 6.92 Å². The summed E-state index contributed by atoms with van der Waals surface area (Å²) in [6.45, 7) is 12.9. The van der Waals surface area contributed by atoms with Gasteiger partial charge in [-0.3, -0.25) is 0 Å². The second-order valence-corrected chi connectivity index (χ2v) is 2.89. The summed E-state index contributed by atoms with van der Waals surface area (Å²) >= 11 is 0. The lowest BCUT2D eigenvalue weighted by atomic mass is 10.6. The summed E-state index contributed by atoms with van der Waals surface area (Å²) in [6.07, 6.45) is 0. The maximum Gasteiger partial charge on any atom is 0.111 e. The van der Waals surface area contributed by atoms with Crippen LogP contribution in [0.5, 0.6) is 0 Å². The topological polar surface area (TPSA) is 36.9 Å². The lowest BCUT2D eigenvalue weighted by Crippen LogP contribution is -2.11. The molecule has 0 saturated carbocycles. The summed E-state index contributed by atoms with van der Waals surface area (Å²) in [6, 6.07) is 0. The Hall–Kier alpha value is -0.580. The molecule has 0 aliphatic heterocycles. The van der Waals surface area contributed by atoms with E-state index in [1.54, 1.807) is 0 Å². The second-order valence-electron chi connectivity index (χ2n) is 2.89. The van der Waals surface area contributed by atoms with Crippen molar-refractivity contribution in [3.63, 3.8) is 0 Å². The number of hydrogen-bond acceptors (Lipinski definition) is 4. The van der Waals surface area contributed by atoms with Crippen LogP contribution in [0.4, 0.5) is 0 Å². The Morgan fingerprint density at radius 3 is 1.80 bits per heavy atom. The van der Waals surface area contributed by atoms with Crippen LogP contribution in [0, 0.1) is 6.92 Å². The molecule has 0 fully saturated rings. The summed E-state index contributed by atoms with van der Waals surface area (Å²) in [7, 11) is 0. The molecule has 0 N–H and O–H groups in total. The van der Waals surface area contributed by atoms with Gasteiger partial charge in [0.25, 0.3) is 0 Å². The van der Waals surface area contributed by atoms with Crippen LogP contribution in [0.25, 0.3) is 0 Å². The Bertz CT molecular complexity index is 148. The van der Waals surface area contributed by atoms with E-state index in [-0.39, 0.29) is 0 Å². The molecule has 15 heavy (non-hydrogen) atoms. The zero-order valence-corrected chi connectivity index (χ0v) is 9.50. The Labute approximate surface area is 92.2 Å². The van der Waals surface area contributed by atoms with E-state index in [0.29, 0.717) is 52.0 Å². The highest BCUT2D eigenvalue weighted by molar-refractivity contribution is 4.72. The predicted molar refractivity (Wildman–Crippen MR) is 58.6 cm³/mol. The molecule has 0 rings (SSSR count). The highest BCUT2D eigenvalue weighted by Crippen LogP contribution is 1.89.